The van der Waals surface area contributed by atoms with E-state index < -0.39 is 0 Å². The van der Waals surface area contributed by atoms with Gasteiger partial charge >= 0.3 is 0 Å². The van der Waals surface area contributed by atoms with Crippen LogP contribution < -0.4 is 0 Å². The van der Waals surface area contributed by atoms with Crippen molar-refractivity contribution in [3.05, 3.63) is 23.9 Å². The van der Waals surface area contributed by atoms with Crippen molar-refractivity contribution in [2.45, 2.75) is 20.3 Å². The van der Waals surface area contributed by atoms with Gasteiger partial charge in [-0.25, -0.2) is 0 Å². The van der Waals surface area contributed by atoms with Crippen LogP contribution in [0.15, 0.2) is 29.1 Å². The predicted molar refractivity (Wildman–Crippen MR) is 63.5 cm³/mol. The van der Waals surface area contributed by atoms with Crippen LogP contribution in [0.2, 0.25) is 0 Å². The minimum atomic E-state index is -0.329. The van der Waals surface area contributed by atoms with Gasteiger partial charge in [0.25, 0.3) is 0 Å². The highest BCUT2D eigenvalue weighted by Crippen LogP contribution is 2.17. The molecule has 1 N–H and O–H groups in total. The maximum absolute atomic E-state index is 12.2. The van der Waals surface area contributed by atoms with Crippen LogP contribution in [0.4, 0.5) is 0 Å². The molecule has 88 valence electrons. The number of oxime groups is 1. The molecule has 4 heteroatoms. The first-order chi connectivity index (χ1) is 7.61. The van der Waals surface area contributed by atoms with Crippen molar-refractivity contribution in [2.75, 3.05) is 13.6 Å². The molecule has 0 fully saturated rings. The van der Waals surface area contributed by atoms with Gasteiger partial charge in [-0.15, -0.1) is 0 Å². The van der Waals surface area contributed by atoms with E-state index in [2.05, 4.69) is 5.16 Å². The van der Waals surface area contributed by atoms with E-state index in [-0.39, 0.29) is 11.7 Å². The van der Waals surface area contributed by atoms with Gasteiger partial charge in [-0.05, 0) is 19.4 Å². The minimum Gasteiger partial charge on any atom is -0.411 e. The molecule has 0 bridgehead atoms. The Kier molecular flexibility index (Phi) is 4.28. The molecule has 0 saturated heterocycles. The quantitative estimate of drug-likeness (QED) is 0.448. The van der Waals surface area contributed by atoms with Crippen LogP contribution in [0.1, 0.15) is 20.3 Å². The van der Waals surface area contributed by atoms with Gasteiger partial charge in [0, 0.05) is 13.6 Å². The van der Waals surface area contributed by atoms with E-state index in [1.807, 2.05) is 31.0 Å². The number of likely N-dealkylation sites (N-methyl/N-ethyl adjacent to an activating group) is 1. The first-order valence-electron chi connectivity index (χ1n) is 5.42. The van der Waals surface area contributed by atoms with E-state index in [0.29, 0.717) is 17.8 Å². The second kappa shape index (κ2) is 5.49. The average molecular weight is 222 g/mol. The maximum atomic E-state index is 12.2. The Balaban J connectivity index is 2.91. The molecule has 1 aliphatic rings. The number of Topliss-reactive ketones (excluding diaryl/α,β-unsaturated/α-hetero) is 1. The molecule has 0 aromatic heterocycles. The third-order valence-electron chi connectivity index (χ3n) is 2.82. The van der Waals surface area contributed by atoms with Crippen LogP contribution in [-0.4, -0.2) is 35.2 Å². The van der Waals surface area contributed by atoms with E-state index >= 15 is 0 Å². The fourth-order valence-corrected chi connectivity index (χ4v) is 1.79. The van der Waals surface area contributed by atoms with E-state index in [0.717, 1.165) is 6.54 Å². The fourth-order valence-electron chi connectivity index (χ4n) is 1.79. The van der Waals surface area contributed by atoms with Gasteiger partial charge in [-0.1, -0.05) is 24.2 Å². The Morgan fingerprint density at radius 2 is 2.38 bits per heavy atom. The molecular formula is C12H18N2O2. The van der Waals surface area contributed by atoms with Gasteiger partial charge in [-0.3, -0.25) is 4.79 Å². The SMILES string of the molecule is CC[C@H](C(=O)C1=CC=CCN1C)C(C)=NO. The topological polar surface area (TPSA) is 52.9 Å². The number of rotatable bonds is 4. The first kappa shape index (κ1) is 12.5. The van der Waals surface area contributed by atoms with Crippen LogP contribution in [0.3, 0.4) is 0 Å². The summed E-state index contributed by atoms with van der Waals surface area (Å²) in [7, 11) is 1.88. The highest BCUT2D eigenvalue weighted by molar-refractivity contribution is 6.11. The lowest BCUT2D eigenvalue weighted by Gasteiger charge is -2.25. The fraction of sp³-hybridized carbons (Fsp3) is 0.500. The van der Waals surface area contributed by atoms with Gasteiger partial charge in [-0.2, -0.15) is 0 Å². The Bertz CT molecular complexity index is 356. The van der Waals surface area contributed by atoms with E-state index in [1.54, 1.807) is 13.0 Å². The van der Waals surface area contributed by atoms with Crippen molar-refractivity contribution >= 4 is 11.5 Å². The highest BCUT2D eigenvalue weighted by Gasteiger charge is 2.25. The summed E-state index contributed by atoms with van der Waals surface area (Å²) >= 11 is 0. The monoisotopic (exact) mass is 222 g/mol. The van der Waals surface area contributed by atoms with Crippen molar-refractivity contribution in [1.82, 2.24) is 4.90 Å². The largest absolute Gasteiger partial charge is 0.411 e. The average Bonchev–Trinajstić information content (AvgIpc) is 2.30. The summed E-state index contributed by atoms with van der Waals surface area (Å²) in [6.07, 6.45) is 6.32. The zero-order chi connectivity index (χ0) is 12.1. The van der Waals surface area contributed by atoms with Crippen molar-refractivity contribution < 1.29 is 10.0 Å². The van der Waals surface area contributed by atoms with Gasteiger partial charge in [0.05, 0.1) is 17.3 Å². The number of carbonyl (C=O) groups excluding carboxylic acids is 1. The summed E-state index contributed by atoms with van der Waals surface area (Å²) in [5.41, 5.74) is 1.15. The summed E-state index contributed by atoms with van der Waals surface area (Å²) in [4.78, 5) is 14.1. The molecular weight excluding hydrogens is 204 g/mol. The molecule has 1 heterocycles. The molecule has 1 aliphatic heterocycles. The van der Waals surface area contributed by atoms with E-state index in [1.165, 1.54) is 0 Å². The van der Waals surface area contributed by atoms with Gasteiger partial charge in [0.15, 0.2) is 5.78 Å². The molecule has 0 spiro atoms. The number of nitrogens with zero attached hydrogens (tertiary/aromatic N) is 2. The smallest absolute Gasteiger partial charge is 0.187 e. The molecule has 0 saturated carbocycles. The highest BCUT2D eigenvalue weighted by atomic mass is 16.4. The number of allylic oxidation sites excluding steroid dienone is 3. The van der Waals surface area contributed by atoms with Crippen molar-refractivity contribution in [2.24, 2.45) is 11.1 Å². The van der Waals surface area contributed by atoms with Crippen LogP contribution in [0, 0.1) is 5.92 Å². The Morgan fingerprint density at radius 1 is 1.69 bits per heavy atom. The third-order valence-corrected chi connectivity index (χ3v) is 2.82. The van der Waals surface area contributed by atoms with Crippen LogP contribution >= 0.6 is 0 Å². The summed E-state index contributed by atoms with van der Waals surface area (Å²) in [6, 6.07) is 0. The number of hydrogen-bond donors (Lipinski definition) is 1. The lowest BCUT2D eigenvalue weighted by atomic mass is 9.93. The molecule has 16 heavy (non-hydrogen) atoms. The second-order valence-corrected chi connectivity index (χ2v) is 3.93. The van der Waals surface area contributed by atoms with Crippen LogP contribution in [0.5, 0.6) is 0 Å². The van der Waals surface area contributed by atoms with Gasteiger partial charge < -0.3 is 10.1 Å². The van der Waals surface area contributed by atoms with E-state index in [4.69, 9.17) is 5.21 Å². The number of hydrogen-bond acceptors (Lipinski definition) is 4. The molecule has 0 unspecified atom stereocenters. The zero-order valence-electron chi connectivity index (χ0n) is 9.97. The minimum absolute atomic E-state index is 0.0182. The summed E-state index contributed by atoms with van der Waals surface area (Å²) in [5.74, 6) is -0.310. The van der Waals surface area contributed by atoms with Crippen molar-refractivity contribution in [3.63, 3.8) is 0 Å². The van der Waals surface area contributed by atoms with Gasteiger partial charge in [0.2, 0.25) is 0 Å². The van der Waals surface area contributed by atoms with Crippen LogP contribution in [-0.2, 0) is 4.79 Å². The molecule has 0 aromatic carbocycles. The normalized spacial score (nSPS) is 18.3. The molecule has 0 radical (unpaired) electrons. The molecule has 1 rings (SSSR count). The second-order valence-electron chi connectivity index (χ2n) is 3.93. The maximum Gasteiger partial charge on any atom is 0.187 e. The standard InChI is InChI=1S/C12H18N2O2/c1-4-10(9(2)13-16)12(15)11-7-5-6-8-14(11)3/h5-7,10,16H,4,8H2,1-3H3/t10-/m0/s1. The van der Waals surface area contributed by atoms with E-state index in [9.17, 15) is 4.79 Å². The Morgan fingerprint density at radius 3 is 2.88 bits per heavy atom. The lowest BCUT2D eigenvalue weighted by molar-refractivity contribution is -0.118. The number of carbonyl (C=O) groups is 1. The molecule has 0 amide bonds. The summed E-state index contributed by atoms with van der Waals surface area (Å²) in [6.45, 7) is 4.32. The third kappa shape index (κ3) is 2.51. The molecule has 0 aromatic rings. The van der Waals surface area contributed by atoms with Crippen LogP contribution in [0.25, 0.3) is 0 Å². The molecule has 4 nitrogen and oxygen atoms in total. The van der Waals surface area contributed by atoms with Crippen molar-refractivity contribution in [3.8, 4) is 0 Å². The number of ketones is 1. The summed E-state index contributed by atoms with van der Waals surface area (Å²) in [5, 5.41) is 11.9. The first-order valence-corrected chi connectivity index (χ1v) is 5.42. The molecule has 0 aliphatic carbocycles. The Hall–Kier alpha value is -1.58. The zero-order valence-corrected chi connectivity index (χ0v) is 9.97. The lowest BCUT2D eigenvalue weighted by Crippen LogP contribution is -2.32. The molecule has 1 atom stereocenters. The van der Waals surface area contributed by atoms with Crippen molar-refractivity contribution in [1.29, 1.82) is 0 Å². The van der Waals surface area contributed by atoms with Gasteiger partial charge in [0.1, 0.15) is 0 Å². The summed E-state index contributed by atoms with van der Waals surface area (Å²) < 4.78 is 0. The predicted octanol–water partition coefficient (Wildman–Crippen LogP) is 1.82. The Labute approximate surface area is 95.9 Å².